The van der Waals surface area contributed by atoms with Gasteiger partial charge in [-0.1, -0.05) is 30.3 Å². The van der Waals surface area contributed by atoms with Crippen molar-refractivity contribution in [3.63, 3.8) is 0 Å². The molecule has 160 valence electrons. The van der Waals surface area contributed by atoms with E-state index < -0.39 is 0 Å². The molecule has 1 atom stereocenters. The molecule has 2 aromatic carbocycles. The van der Waals surface area contributed by atoms with Gasteiger partial charge in [0.25, 0.3) is 0 Å². The quantitative estimate of drug-likeness (QED) is 0.651. The number of morpholine rings is 1. The molecule has 31 heavy (non-hydrogen) atoms. The number of anilines is 2. The molecule has 0 radical (unpaired) electrons. The van der Waals surface area contributed by atoms with Gasteiger partial charge in [-0.2, -0.15) is 0 Å². The van der Waals surface area contributed by atoms with Crippen molar-refractivity contribution in [2.45, 2.75) is 19.9 Å². The number of aromatic nitrogens is 2. The molecule has 2 amide bonds. The maximum absolute atomic E-state index is 11.8. The largest absolute Gasteiger partial charge is 0.377 e. The van der Waals surface area contributed by atoms with Gasteiger partial charge in [-0.15, -0.1) is 0 Å². The molecule has 1 aliphatic rings. The lowest BCUT2D eigenvalue weighted by molar-refractivity contribution is 0.0985. The Kier molecular flexibility index (Phi) is 6.43. The highest BCUT2D eigenvalue weighted by atomic mass is 16.5. The molecule has 2 N–H and O–H groups in total. The number of urea groups is 1. The van der Waals surface area contributed by atoms with Crippen LogP contribution in [0.5, 0.6) is 0 Å². The average molecular weight is 418 g/mol. The first kappa shape index (κ1) is 20.8. The monoisotopic (exact) mass is 417 g/mol. The number of nitrogens with zero attached hydrogens (tertiary/aromatic N) is 3. The van der Waals surface area contributed by atoms with E-state index in [2.05, 4.69) is 34.6 Å². The van der Waals surface area contributed by atoms with Crippen LogP contribution in [0.1, 0.15) is 13.8 Å². The van der Waals surface area contributed by atoms with Crippen LogP contribution in [-0.2, 0) is 4.74 Å². The molecule has 1 saturated heterocycles. The van der Waals surface area contributed by atoms with Gasteiger partial charge in [-0.3, -0.25) is 0 Å². The number of hydrogen-bond acceptors (Lipinski definition) is 5. The lowest BCUT2D eigenvalue weighted by atomic mass is 10.1. The third-order valence-electron chi connectivity index (χ3n) is 5.18. The molecule has 0 aliphatic carbocycles. The van der Waals surface area contributed by atoms with Gasteiger partial charge in [0.15, 0.2) is 5.82 Å². The van der Waals surface area contributed by atoms with Crippen molar-refractivity contribution < 1.29 is 9.53 Å². The van der Waals surface area contributed by atoms with E-state index in [9.17, 15) is 4.79 Å². The summed E-state index contributed by atoms with van der Waals surface area (Å²) in [6, 6.07) is 19.8. The van der Waals surface area contributed by atoms with Crippen LogP contribution in [0.25, 0.3) is 22.6 Å². The van der Waals surface area contributed by atoms with Gasteiger partial charge in [0.2, 0.25) is 0 Å². The first-order valence-electron chi connectivity index (χ1n) is 10.6. The van der Waals surface area contributed by atoms with Crippen molar-refractivity contribution in [2.24, 2.45) is 0 Å². The molecule has 1 aromatic heterocycles. The van der Waals surface area contributed by atoms with Gasteiger partial charge >= 0.3 is 6.03 Å². The second-order valence-corrected chi connectivity index (χ2v) is 7.48. The number of benzene rings is 2. The summed E-state index contributed by atoms with van der Waals surface area (Å²) in [7, 11) is 0. The fourth-order valence-corrected chi connectivity index (χ4v) is 3.57. The van der Waals surface area contributed by atoms with E-state index in [1.807, 2.05) is 55.5 Å². The van der Waals surface area contributed by atoms with Crippen LogP contribution in [0.15, 0.2) is 60.7 Å². The summed E-state index contributed by atoms with van der Waals surface area (Å²) in [5, 5.41) is 5.54. The third-order valence-corrected chi connectivity index (χ3v) is 5.18. The second kappa shape index (κ2) is 9.57. The van der Waals surface area contributed by atoms with Crippen LogP contribution in [0.3, 0.4) is 0 Å². The maximum atomic E-state index is 11.8. The normalized spacial score (nSPS) is 16.1. The molecule has 4 rings (SSSR count). The Morgan fingerprint density at radius 3 is 2.58 bits per heavy atom. The smallest absolute Gasteiger partial charge is 0.319 e. The zero-order valence-electron chi connectivity index (χ0n) is 17.8. The molecule has 0 saturated carbocycles. The lowest BCUT2D eigenvalue weighted by Gasteiger charge is -2.34. The van der Waals surface area contributed by atoms with E-state index in [-0.39, 0.29) is 12.1 Å². The molecule has 2 heterocycles. The minimum absolute atomic E-state index is 0.221. The minimum Gasteiger partial charge on any atom is -0.377 e. The van der Waals surface area contributed by atoms with Crippen molar-refractivity contribution in [1.82, 2.24) is 15.3 Å². The van der Waals surface area contributed by atoms with Crippen molar-refractivity contribution >= 4 is 17.5 Å². The Morgan fingerprint density at radius 1 is 1.10 bits per heavy atom. The van der Waals surface area contributed by atoms with Gasteiger partial charge in [0.05, 0.1) is 24.9 Å². The van der Waals surface area contributed by atoms with Crippen LogP contribution in [0.2, 0.25) is 0 Å². The Labute approximate surface area is 182 Å². The SMILES string of the molecule is CCNC(=O)Nc1ccc(-c2nc(-c3ccccc3)cc(N3CCOCC3C)n2)cc1. The van der Waals surface area contributed by atoms with Crippen LogP contribution in [0.4, 0.5) is 16.3 Å². The topological polar surface area (TPSA) is 79.4 Å². The lowest BCUT2D eigenvalue weighted by Crippen LogP contribution is -2.44. The van der Waals surface area contributed by atoms with Gasteiger partial charge in [-0.05, 0) is 38.1 Å². The summed E-state index contributed by atoms with van der Waals surface area (Å²) in [4.78, 5) is 23.8. The number of ether oxygens (including phenoxy) is 1. The number of rotatable bonds is 5. The fraction of sp³-hybridized carbons (Fsp3) is 0.292. The Balaban J connectivity index is 1.69. The van der Waals surface area contributed by atoms with Gasteiger partial charge < -0.3 is 20.3 Å². The number of hydrogen-bond donors (Lipinski definition) is 2. The zero-order chi connectivity index (χ0) is 21.6. The predicted molar refractivity (Wildman–Crippen MR) is 123 cm³/mol. The summed E-state index contributed by atoms with van der Waals surface area (Å²) in [6.45, 7) is 6.76. The van der Waals surface area contributed by atoms with E-state index in [1.165, 1.54) is 0 Å². The predicted octanol–water partition coefficient (Wildman–Crippen LogP) is 4.18. The highest BCUT2D eigenvalue weighted by Gasteiger charge is 2.22. The Bertz CT molecular complexity index is 1020. The first-order chi connectivity index (χ1) is 15.1. The van der Waals surface area contributed by atoms with Crippen molar-refractivity contribution in [3.05, 3.63) is 60.7 Å². The molecule has 1 aliphatic heterocycles. The van der Waals surface area contributed by atoms with Gasteiger partial charge in [0.1, 0.15) is 5.82 Å². The summed E-state index contributed by atoms with van der Waals surface area (Å²) in [5.41, 5.74) is 3.53. The molecule has 1 unspecified atom stereocenters. The summed E-state index contributed by atoms with van der Waals surface area (Å²) >= 11 is 0. The fourth-order valence-electron chi connectivity index (χ4n) is 3.57. The molecule has 7 heteroatoms. The summed E-state index contributed by atoms with van der Waals surface area (Å²) in [5.74, 6) is 1.55. The number of amides is 2. The Morgan fingerprint density at radius 2 is 1.87 bits per heavy atom. The molecule has 0 bridgehead atoms. The van der Waals surface area contributed by atoms with Gasteiger partial charge in [0, 0.05) is 36.0 Å². The molecular weight excluding hydrogens is 390 g/mol. The van der Waals surface area contributed by atoms with Crippen LogP contribution < -0.4 is 15.5 Å². The zero-order valence-corrected chi connectivity index (χ0v) is 17.8. The molecule has 3 aromatic rings. The van der Waals surface area contributed by atoms with Crippen molar-refractivity contribution in [1.29, 1.82) is 0 Å². The second-order valence-electron chi connectivity index (χ2n) is 7.48. The minimum atomic E-state index is -0.221. The third kappa shape index (κ3) is 5.00. The highest BCUT2D eigenvalue weighted by molar-refractivity contribution is 5.89. The van der Waals surface area contributed by atoms with E-state index in [0.717, 1.165) is 34.9 Å². The van der Waals surface area contributed by atoms with E-state index in [4.69, 9.17) is 14.7 Å². The van der Waals surface area contributed by atoms with E-state index >= 15 is 0 Å². The van der Waals surface area contributed by atoms with Gasteiger partial charge in [-0.25, -0.2) is 14.8 Å². The van der Waals surface area contributed by atoms with Crippen molar-refractivity contribution in [2.75, 3.05) is 36.5 Å². The standard InChI is InChI=1S/C24H27N5O2/c1-3-25-24(30)26-20-11-9-19(10-12-20)23-27-21(18-7-5-4-6-8-18)15-22(28-23)29-13-14-31-16-17(29)2/h4-12,15,17H,3,13-14,16H2,1-2H3,(H2,25,26,30). The number of nitrogens with one attached hydrogen (secondary N) is 2. The van der Waals surface area contributed by atoms with Crippen molar-refractivity contribution in [3.8, 4) is 22.6 Å². The first-order valence-corrected chi connectivity index (χ1v) is 10.6. The summed E-state index contributed by atoms with van der Waals surface area (Å²) < 4.78 is 5.60. The molecular formula is C24H27N5O2. The van der Waals surface area contributed by atoms with Crippen LogP contribution in [-0.4, -0.2) is 48.3 Å². The maximum Gasteiger partial charge on any atom is 0.319 e. The molecule has 1 fully saturated rings. The number of carbonyl (C=O) groups excluding carboxylic acids is 1. The Hall–Kier alpha value is -3.45. The van der Waals surface area contributed by atoms with E-state index in [0.29, 0.717) is 25.6 Å². The molecule has 7 nitrogen and oxygen atoms in total. The van der Waals surface area contributed by atoms with Crippen LogP contribution in [0, 0.1) is 0 Å². The van der Waals surface area contributed by atoms with Crippen LogP contribution >= 0.6 is 0 Å². The summed E-state index contributed by atoms with van der Waals surface area (Å²) in [6.07, 6.45) is 0. The average Bonchev–Trinajstić information content (AvgIpc) is 2.80. The molecule has 0 spiro atoms. The highest BCUT2D eigenvalue weighted by Crippen LogP contribution is 2.28. The van der Waals surface area contributed by atoms with E-state index in [1.54, 1.807) is 0 Å². The number of carbonyl (C=O) groups is 1.